The monoisotopic (exact) mass is 513 g/mol. The van der Waals surface area contributed by atoms with Crippen molar-refractivity contribution in [1.29, 1.82) is 0 Å². The number of aryl methyl sites for hydroxylation is 1. The van der Waals surface area contributed by atoms with E-state index in [-0.39, 0.29) is 26.1 Å². The smallest absolute Gasteiger partial charge is 0.407 e. The Morgan fingerprint density at radius 2 is 1.97 bits per heavy atom. The molecular formula is C26H35N5O6. The van der Waals surface area contributed by atoms with Crippen LogP contribution in [0.2, 0.25) is 0 Å². The molecule has 2 atom stereocenters. The van der Waals surface area contributed by atoms with Crippen LogP contribution in [-0.2, 0) is 26.3 Å². The van der Waals surface area contributed by atoms with Crippen LogP contribution in [0.25, 0.3) is 10.9 Å². The first-order valence-electron chi connectivity index (χ1n) is 12.6. The Morgan fingerprint density at radius 1 is 1.19 bits per heavy atom. The lowest BCUT2D eigenvalue weighted by Crippen LogP contribution is -2.45. The number of alkyl carbamates (subject to hydrolysis) is 1. The Hall–Kier alpha value is -3.47. The Balaban J connectivity index is 1.73. The summed E-state index contributed by atoms with van der Waals surface area (Å²) in [7, 11) is 3.90. The lowest BCUT2D eigenvalue weighted by molar-refractivity contribution is -0.147. The first-order valence-corrected chi connectivity index (χ1v) is 12.6. The quantitative estimate of drug-likeness (QED) is 0.634. The molecule has 0 aliphatic carbocycles. The van der Waals surface area contributed by atoms with Crippen LogP contribution >= 0.6 is 0 Å². The van der Waals surface area contributed by atoms with Crippen molar-refractivity contribution in [2.75, 3.05) is 33.8 Å². The third-order valence-electron chi connectivity index (χ3n) is 7.26. The minimum Gasteiger partial charge on any atom is -0.480 e. The number of nitrogens with one attached hydrogen (secondary N) is 1. The molecule has 0 spiro atoms. The molecule has 4 rings (SSSR count). The van der Waals surface area contributed by atoms with Gasteiger partial charge in [-0.1, -0.05) is 6.07 Å². The number of rotatable bonds is 3. The van der Waals surface area contributed by atoms with Crippen molar-refractivity contribution in [1.82, 2.24) is 25.1 Å². The second-order valence-electron chi connectivity index (χ2n) is 10.3. The van der Waals surface area contributed by atoms with E-state index < -0.39 is 35.7 Å². The van der Waals surface area contributed by atoms with Crippen LogP contribution in [0.15, 0.2) is 18.2 Å². The second-order valence-corrected chi connectivity index (χ2v) is 10.3. The molecule has 1 aromatic heterocycles. The highest BCUT2D eigenvalue weighted by atomic mass is 16.5. The second kappa shape index (κ2) is 10.9. The Morgan fingerprint density at radius 3 is 2.70 bits per heavy atom. The Labute approximate surface area is 216 Å². The van der Waals surface area contributed by atoms with Gasteiger partial charge in [0.05, 0.1) is 29.6 Å². The van der Waals surface area contributed by atoms with Crippen molar-refractivity contribution in [3.8, 4) is 5.88 Å². The molecule has 37 heavy (non-hydrogen) atoms. The number of hydrogen-bond donors (Lipinski definition) is 2. The maximum atomic E-state index is 12.8. The summed E-state index contributed by atoms with van der Waals surface area (Å²) in [5.74, 6) is -0.681. The molecule has 0 saturated carbocycles. The van der Waals surface area contributed by atoms with Crippen LogP contribution < -0.4 is 10.1 Å². The van der Waals surface area contributed by atoms with Gasteiger partial charge >= 0.3 is 12.1 Å². The fourth-order valence-corrected chi connectivity index (χ4v) is 4.49. The lowest BCUT2D eigenvalue weighted by atomic mass is 10.0. The lowest BCUT2D eigenvalue weighted by Gasteiger charge is -2.31. The predicted molar refractivity (Wildman–Crippen MR) is 135 cm³/mol. The zero-order chi connectivity index (χ0) is 26.7. The number of benzene rings is 1. The number of aliphatic carboxylic acids is 1. The van der Waals surface area contributed by atoms with Gasteiger partial charge in [-0.2, -0.15) is 4.98 Å². The SMILES string of the molecule is CN(C)C(C)(C)c1nc2c3cc(ccc3n1)CCCCCOC(=O)NCC(=O)N1C[C@H](C[C@H]1C(=O)O)O2. The van der Waals surface area contributed by atoms with Crippen molar-refractivity contribution in [3.05, 3.63) is 29.6 Å². The summed E-state index contributed by atoms with van der Waals surface area (Å²) in [6.45, 7) is 3.99. The first kappa shape index (κ1) is 26.6. The molecule has 0 radical (unpaired) electrons. The summed E-state index contributed by atoms with van der Waals surface area (Å²) in [5, 5.41) is 13.0. The number of ether oxygens (including phenoxy) is 2. The average molecular weight is 514 g/mol. The topological polar surface area (TPSA) is 134 Å². The van der Waals surface area contributed by atoms with Gasteiger partial charge in [0.2, 0.25) is 11.8 Å². The van der Waals surface area contributed by atoms with Crippen LogP contribution in [0.5, 0.6) is 5.88 Å². The van der Waals surface area contributed by atoms with Gasteiger partial charge in [-0.25, -0.2) is 14.6 Å². The zero-order valence-corrected chi connectivity index (χ0v) is 21.8. The van der Waals surface area contributed by atoms with Gasteiger partial charge in [0, 0.05) is 6.42 Å². The molecule has 2 amide bonds. The molecule has 2 aliphatic heterocycles. The average Bonchev–Trinajstić information content (AvgIpc) is 3.28. The van der Waals surface area contributed by atoms with Crippen LogP contribution in [0, 0.1) is 0 Å². The molecule has 0 unspecified atom stereocenters. The molecule has 200 valence electrons. The van der Waals surface area contributed by atoms with E-state index in [1.165, 1.54) is 4.90 Å². The summed E-state index contributed by atoms with van der Waals surface area (Å²) in [6, 6.07) is 4.96. The summed E-state index contributed by atoms with van der Waals surface area (Å²) in [4.78, 5) is 49.6. The number of carboxylic acids is 1. The van der Waals surface area contributed by atoms with Crippen molar-refractivity contribution in [2.45, 2.75) is 63.6 Å². The van der Waals surface area contributed by atoms with Crippen LogP contribution in [0.3, 0.4) is 0 Å². The van der Waals surface area contributed by atoms with Crippen LogP contribution in [-0.4, -0.2) is 88.8 Å². The molecule has 11 heteroatoms. The van der Waals surface area contributed by atoms with Crippen LogP contribution in [0.4, 0.5) is 4.79 Å². The minimum absolute atomic E-state index is 0.0596. The van der Waals surface area contributed by atoms with Gasteiger partial charge in [-0.15, -0.1) is 0 Å². The summed E-state index contributed by atoms with van der Waals surface area (Å²) in [5.41, 5.74) is 1.36. The number of fused-ring (bicyclic) bond motifs is 3. The molecular weight excluding hydrogens is 478 g/mol. The zero-order valence-electron chi connectivity index (χ0n) is 21.8. The maximum Gasteiger partial charge on any atom is 0.407 e. The van der Waals surface area contributed by atoms with E-state index in [0.717, 1.165) is 35.7 Å². The Bertz CT molecular complexity index is 1180. The van der Waals surface area contributed by atoms with E-state index in [1.807, 2.05) is 51.0 Å². The number of aromatic nitrogens is 2. The molecule has 1 aromatic carbocycles. The van der Waals surface area contributed by atoms with E-state index >= 15 is 0 Å². The standard InChI is InChI=1S/C26H35N5O6/c1-26(2,30(3)4)24-28-19-10-9-16-8-6-5-7-11-36-25(35)27-14-21(32)31-15-17(13-20(31)23(33)34)37-22(29-24)18(19)12-16/h9-10,12,17,20H,5-8,11,13-15H2,1-4H3,(H,27,35)(H,33,34)/t17-,20-/m0/s1. The Kier molecular flexibility index (Phi) is 7.82. The van der Waals surface area contributed by atoms with E-state index in [4.69, 9.17) is 19.4 Å². The highest BCUT2D eigenvalue weighted by molar-refractivity contribution is 5.87. The van der Waals surface area contributed by atoms with E-state index in [1.54, 1.807) is 0 Å². The normalized spacial score (nSPS) is 21.8. The number of carbonyl (C=O) groups is 3. The summed E-state index contributed by atoms with van der Waals surface area (Å²) < 4.78 is 11.5. The van der Waals surface area contributed by atoms with Gasteiger partial charge in [-0.3, -0.25) is 9.69 Å². The molecule has 11 nitrogen and oxygen atoms in total. The number of hydrogen-bond acceptors (Lipinski definition) is 8. The van der Waals surface area contributed by atoms with Gasteiger partial charge < -0.3 is 24.8 Å². The number of carbonyl (C=O) groups excluding carboxylic acids is 2. The molecule has 2 N–H and O–H groups in total. The summed E-state index contributed by atoms with van der Waals surface area (Å²) in [6.07, 6.45) is 2.13. The van der Waals surface area contributed by atoms with Crippen molar-refractivity contribution < 1.29 is 29.0 Å². The van der Waals surface area contributed by atoms with Gasteiger partial charge in [0.15, 0.2) is 5.82 Å². The number of cyclic esters (lactones) is 1. The number of amides is 2. The fourth-order valence-electron chi connectivity index (χ4n) is 4.49. The largest absolute Gasteiger partial charge is 0.480 e. The molecule has 1 saturated heterocycles. The first-order chi connectivity index (χ1) is 17.6. The minimum atomic E-state index is -1.13. The summed E-state index contributed by atoms with van der Waals surface area (Å²) >= 11 is 0. The van der Waals surface area contributed by atoms with Crippen molar-refractivity contribution in [2.24, 2.45) is 0 Å². The van der Waals surface area contributed by atoms with E-state index in [0.29, 0.717) is 18.1 Å². The van der Waals surface area contributed by atoms with Gasteiger partial charge in [0.1, 0.15) is 18.7 Å². The molecule has 3 heterocycles. The third kappa shape index (κ3) is 5.93. The van der Waals surface area contributed by atoms with Crippen molar-refractivity contribution in [3.63, 3.8) is 0 Å². The number of carboxylic acid groups (broad SMARTS) is 1. The number of nitrogens with zero attached hydrogens (tertiary/aromatic N) is 4. The fraction of sp³-hybridized carbons (Fsp3) is 0.577. The van der Waals surface area contributed by atoms with Gasteiger partial charge in [-0.05, 0) is 71.3 Å². The maximum absolute atomic E-state index is 12.8. The highest BCUT2D eigenvalue weighted by Gasteiger charge is 2.41. The van der Waals surface area contributed by atoms with Crippen LogP contribution in [0.1, 0.15) is 50.9 Å². The van der Waals surface area contributed by atoms with E-state index in [9.17, 15) is 19.5 Å². The molecule has 1 fully saturated rings. The third-order valence-corrected chi connectivity index (χ3v) is 7.26. The molecule has 2 aromatic rings. The van der Waals surface area contributed by atoms with E-state index in [2.05, 4.69) is 5.32 Å². The molecule has 2 aliphatic rings. The van der Waals surface area contributed by atoms with Gasteiger partial charge in [0.25, 0.3) is 0 Å². The highest BCUT2D eigenvalue weighted by Crippen LogP contribution is 2.32. The molecule has 4 bridgehead atoms. The van der Waals surface area contributed by atoms with Crippen molar-refractivity contribution >= 4 is 28.9 Å². The predicted octanol–water partition coefficient (Wildman–Crippen LogP) is 2.31.